The Bertz CT molecular complexity index is 275. The summed E-state index contributed by atoms with van der Waals surface area (Å²) in [5.74, 6) is 1.77. The average Bonchev–Trinajstić information content (AvgIpc) is 2.87. The van der Waals surface area contributed by atoms with Crippen LogP contribution in [0.15, 0.2) is 0 Å². The number of hydrogen-bond donors (Lipinski definition) is 1. The minimum atomic E-state index is 0.136. The summed E-state index contributed by atoms with van der Waals surface area (Å²) >= 11 is 0. The molecule has 3 aliphatic rings. The fourth-order valence-electron chi connectivity index (χ4n) is 3.24. The molecular weight excluding hydrogens is 188 g/mol. The Morgan fingerprint density at radius 2 is 2.13 bits per heavy atom. The maximum atomic E-state index is 12.0. The normalized spacial score (nSPS) is 35.9. The van der Waals surface area contributed by atoms with Crippen LogP contribution in [0.4, 0.5) is 0 Å². The number of piperidine rings is 1. The van der Waals surface area contributed by atoms with Crippen LogP contribution < -0.4 is 5.73 Å². The summed E-state index contributed by atoms with van der Waals surface area (Å²) in [5, 5.41) is 0. The van der Waals surface area contributed by atoms with Crippen molar-refractivity contribution in [2.24, 2.45) is 17.6 Å². The van der Waals surface area contributed by atoms with Gasteiger partial charge in [-0.15, -0.1) is 0 Å². The zero-order valence-electron chi connectivity index (χ0n) is 9.19. The van der Waals surface area contributed by atoms with Gasteiger partial charge in [0.15, 0.2) is 0 Å². The molecule has 84 valence electrons. The van der Waals surface area contributed by atoms with Gasteiger partial charge in [-0.1, -0.05) is 0 Å². The van der Waals surface area contributed by atoms with E-state index < -0.39 is 0 Å². The standard InChI is InChI=1S/C12H20N2O/c13-11(9-2-3-9)6-12(15)14-7-8-1-4-10(14)5-8/h8-11H,1-7,13H2. The van der Waals surface area contributed by atoms with Crippen LogP contribution in [0.2, 0.25) is 0 Å². The molecule has 0 radical (unpaired) electrons. The first-order chi connectivity index (χ1) is 7.24. The molecule has 1 aliphatic heterocycles. The van der Waals surface area contributed by atoms with Crippen molar-refractivity contribution in [2.45, 2.75) is 50.6 Å². The van der Waals surface area contributed by atoms with E-state index in [2.05, 4.69) is 4.90 Å². The Kier molecular flexibility index (Phi) is 2.23. The highest BCUT2D eigenvalue weighted by Gasteiger charge is 2.41. The Balaban J connectivity index is 1.55. The van der Waals surface area contributed by atoms with Crippen LogP contribution in [0, 0.1) is 11.8 Å². The maximum absolute atomic E-state index is 12.0. The van der Waals surface area contributed by atoms with E-state index in [1.54, 1.807) is 0 Å². The lowest BCUT2D eigenvalue weighted by Gasteiger charge is -2.28. The molecule has 0 spiro atoms. The van der Waals surface area contributed by atoms with E-state index in [1.165, 1.54) is 32.1 Å². The summed E-state index contributed by atoms with van der Waals surface area (Å²) in [4.78, 5) is 14.1. The molecule has 2 saturated carbocycles. The second-order valence-corrected chi connectivity index (χ2v) is 5.58. The molecule has 1 heterocycles. The summed E-state index contributed by atoms with van der Waals surface area (Å²) in [5.41, 5.74) is 6.00. The molecule has 3 unspecified atom stereocenters. The fraction of sp³-hybridized carbons (Fsp3) is 0.917. The molecule has 0 aromatic rings. The first-order valence-electron chi connectivity index (χ1n) is 6.29. The van der Waals surface area contributed by atoms with Gasteiger partial charge in [0.25, 0.3) is 0 Å². The number of amides is 1. The molecule has 1 saturated heterocycles. The first-order valence-corrected chi connectivity index (χ1v) is 6.29. The monoisotopic (exact) mass is 208 g/mol. The SMILES string of the molecule is NC(CC(=O)N1CC2CCC1C2)C1CC1. The molecule has 3 atom stereocenters. The maximum Gasteiger partial charge on any atom is 0.224 e. The van der Waals surface area contributed by atoms with E-state index in [0.717, 1.165) is 12.5 Å². The van der Waals surface area contributed by atoms with E-state index in [9.17, 15) is 4.79 Å². The Morgan fingerprint density at radius 3 is 2.67 bits per heavy atom. The smallest absolute Gasteiger partial charge is 0.224 e. The number of carbonyl (C=O) groups excluding carboxylic acids is 1. The summed E-state index contributed by atoms with van der Waals surface area (Å²) in [6.45, 7) is 1.01. The third kappa shape index (κ3) is 1.78. The predicted octanol–water partition coefficient (Wildman–Crippen LogP) is 1.12. The second kappa shape index (κ2) is 3.48. The number of nitrogens with two attached hydrogens (primary N) is 1. The highest BCUT2D eigenvalue weighted by atomic mass is 16.2. The van der Waals surface area contributed by atoms with Gasteiger partial charge in [-0.25, -0.2) is 0 Å². The van der Waals surface area contributed by atoms with E-state index >= 15 is 0 Å². The number of fused-ring (bicyclic) bond motifs is 2. The lowest BCUT2D eigenvalue weighted by atomic mass is 10.1. The molecule has 0 aromatic carbocycles. The molecular formula is C12H20N2O. The summed E-state index contributed by atoms with van der Waals surface area (Å²) in [6.07, 6.45) is 6.89. The third-order valence-electron chi connectivity index (χ3n) is 4.37. The van der Waals surface area contributed by atoms with Crippen molar-refractivity contribution in [2.75, 3.05) is 6.54 Å². The van der Waals surface area contributed by atoms with E-state index in [1.807, 2.05) is 0 Å². The molecule has 3 nitrogen and oxygen atoms in total. The van der Waals surface area contributed by atoms with Crippen LogP contribution in [-0.2, 0) is 4.79 Å². The van der Waals surface area contributed by atoms with Crippen molar-refractivity contribution < 1.29 is 4.79 Å². The molecule has 0 aromatic heterocycles. The first kappa shape index (κ1) is 9.64. The number of nitrogens with zero attached hydrogens (tertiary/aromatic N) is 1. The van der Waals surface area contributed by atoms with Crippen LogP contribution in [-0.4, -0.2) is 29.4 Å². The zero-order valence-corrected chi connectivity index (χ0v) is 9.19. The number of likely N-dealkylation sites (tertiary alicyclic amines) is 1. The van der Waals surface area contributed by atoms with Crippen molar-refractivity contribution in [1.82, 2.24) is 4.90 Å². The molecule has 3 fully saturated rings. The van der Waals surface area contributed by atoms with E-state index in [-0.39, 0.29) is 6.04 Å². The highest BCUT2D eigenvalue weighted by molar-refractivity contribution is 5.77. The number of rotatable bonds is 3. The average molecular weight is 208 g/mol. The molecule has 1 amide bonds. The third-order valence-corrected chi connectivity index (χ3v) is 4.37. The Labute approximate surface area is 91.0 Å². The van der Waals surface area contributed by atoms with Gasteiger partial charge in [-0.2, -0.15) is 0 Å². The van der Waals surface area contributed by atoms with Crippen molar-refractivity contribution >= 4 is 5.91 Å². The second-order valence-electron chi connectivity index (χ2n) is 5.58. The lowest BCUT2D eigenvalue weighted by molar-refractivity contribution is -0.133. The van der Waals surface area contributed by atoms with Gasteiger partial charge in [0.1, 0.15) is 0 Å². The Hall–Kier alpha value is -0.570. The minimum Gasteiger partial charge on any atom is -0.339 e. The molecule has 2 bridgehead atoms. The van der Waals surface area contributed by atoms with Gasteiger partial charge < -0.3 is 10.6 Å². The number of carbonyl (C=O) groups is 1. The Morgan fingerprint density at radius 1 is 1.33 bits per heavy atom. The van der Waals surface area contributed by atoms with Gasteiger partial charge in [-0.05, 0) is 43.9 Å². The molecule has 2 N–H and O–H groups in total. The van der Waals surface area contributed by atoms with Crippen molar-refractivity contribution in [3.05, 3.63) is 0 Å². The summed E-state index contributed by atoms with van der Waals surface area (Å²) in [7, 11) is 0. The van der Waals surface area contributed by atoms with E-state index in [4.69, 9.17) is 5.73 Å². The molecule has 3 heteroatoms. The number of hydrogen-bond acceptors (Lipinski definition) is 2. The van der Waals surface area contributed by atoms with Crippen molar-refractivity contribution in [1.29, 1.82) is 0 Å². The van der Waals surface area contributed by atoms with Crippen LogP contribution in [0.25, 0.3) is 0 Å². The van der Waals surface area contributed by atoms with Gasteiger partial charge >= 0.3 is 0 Å². The van der Waals surface area contributed by atoms with Gasteiger partial charge in [0, 0.05) is 25.0 Å². The van der Waals surface area contributed by atoms with Crippen LogP contribution in [0.5, 0.6) is 0 Å². The van der Waals surface area contributed by atoms with Gasteiger partial charge in [0.05, 0.1) is 0 Å². The van der Waals surface area contributed by atoms with E-state index in [0.29, 0.717) is 24.3 Å². The van der Waals surface area contributed by atoms with Crippen LogP contribution in [0.3, 0.4) is 0 Å². The van der Waals surface area contributed by atoms with Crippen LogP contribution >= 0.6 is 0 Å². The largest absolute Gasteiger partial charge is 0.339 e. The molecule has 3 rings (SSSR count). The zero-order chi connectivity index (χ0) is 10.4. The van der Waals surface area contributed by atoms with Gasteiger partial charge in [-0.3, -0.25) is 4.79 Å². The van der Waals surface area contributed by atoms with Crippen molar-refractivity contribution in [3.63, 3.8) is 0 Å². The summed E-state index contributed by atoms with van der Waals surface area (Å²) < 4.78 is 0. The molecule has 2 aliphatic carbocycles. The highest BCUT2D eigenvalue weighted by Crippen LogP contribution is 2.38. The predicted molar refractivity (Wildman–Crippen MR) is 58.2 cm³/mol. The lowest BCUT2D eigenvalue weighted by Crippen LogP contribution is -2.41. The summed E-state index contributed by atoms with van der Waals surface area (Å²) in [6, 6.07) is 0.700. The van der Waals surface area contributed by atoms with Crippen molar-refractivity contribution in [3.8, 4) is 0 Å². The molecule has 15 heavy (non-hydrogen) atoms. The quantitative estimate of drug-likeness (QED) is 0.755. The van der Waals surface area contributed by atoms with Gasteiger partial charge in [0.2, 0.25) is 5.91 Å². The topological polar surface area (TPSA) is 46.3 Å². The fourth-order valence-corrected chi connectivity index (χ4v) is 3.24. The van der Waals surface area contributed by atoms with Crippen LogP contribution in [0.1, 0.15) is 38.5 Å². The minimum absolute atomic E-state index is 0.136.